The molecule has 4 rings (SSSR count). The highest BCUT2D eigenvalue weighted by Gasteiger charge is 2.47. The number of carbonyl (C=O) groups excluding carboxylic acids is 1. The molecule has 0 saturated heterocycles. The number of amides is 1. The van der Waals surface area contributed by atoms with Gasteiger partial charge in [-0.2, -0.15) is 0 Å². The van der Waals surface area contributed by atoms with E-state index in [1.807, 2.05) is 11.8 Å². The molecule has 0 N–H and O–H groups in total. The van der Waals surface area contributed by atoms with E-state index in [1.165, 1.54) is 36.0 Å². The first kappa shape index (κ1) is 20.0. The van der Waals surface area contributed by atoms with Gasteiger partial charge in [-0.3, -0.25) is 9.69 Å². The van der Waals surface area contributed by atoms with Gasteiger partial charge in [0.2, 0.25) is 0 Å². The Bertz CT molecular complexity index is 857. The highest BCUT2D eigenvalue weighted by Crippen LogP contribution is 2.54. The Morgan fingerprint density at radius 2 is 2.00 bits per heavy atom. The van der Waals surface area contributed by atoms with E-state index in [1.54, 1.807) is 6.08 Å². The first-order valence-electron chi connectivity index (χ1n) is 11.2. The number of allylic oxidation sites excluding steroid dienone is 2. The highest BCUT2D eigenvalue weighted by atomic mass is 16.5. The van der Waals surface area contributed by atoms with Gasteiger partial charge in [-0.25, -0.2) is 0 Å². The van der Waals surface area contributed by atoms with E-state index in [0.717, 1.165) is 31.3 Å². The predicted molar refractivity (Wildman–Crippen MR) is 118 cm³/mol. The van der Waals surface area contributed by atoms with E-state index in [0.29, 0.717) is 19.0 Å². The van der Waals surface area contributed by atoms with Gasteiger partial charge >= 0.3 is 0 Å². The molecule has 1 saturated carbocycles. The summed E-state index contributed by atoms with van der Waals surface area (Å²) in [6, 6.07) is 8.75. The maximum atomic E-state index is 14.1. The lowest BCUT2D eigenvalue weighted by Crippen LogP contribution is -2.44. The molecule has 1 aromatic rings. The molecule has 154 valence electrons. The summed E-state index contributed by atoms with van der Waals surface area (Å²) in [4.78, 5) is 16.0. The number of rotatable bonds is 4. The van der Waals surface area contributed by atoms with Gasteiger partial charge in [0.1, 0.15) is 0 Å². The van der Waals surface area contributed by atoms with Crippen LogP contribution in [0.3, 0.4) is 0 Å². The largest absolute Gasteiger partial charge is 0.479 e. The van der Waals surface area contributed by atoms with Gasteiger partial charge < -0.3 is 4.74 Å². The summed E-state index contributed by atoms with van der Waals surface area (Å²) in [5.74, 6) is 1.11. The van der Waals surface area contributed by atoms with Crippen molar-refractivity contribution in [3.05, 3.63) is 65.6 Å². The van der Waals surface area contributed by atoms with Gasteiger partial charge in [0.05, 0.1) is 6.61 Å². The fourth-order valence-corrected chi connectivity index (χ4v) is 5.65. The second-order valence-corrected chi connectivity index (χ2v) is 8.78. The van der Waals surface area contributed by atoms with Gasteiger partial charge in [-0.15, -0.1) is 6.58 Å². The predicted octanol–water partition coefficient (Wildman–Crippen LogP) is 5.88. The number of carbonyl (C=O) groups is 1. The Hall–Kier alpha value is -2.29. The second kappa shape index (κ2) is 8.22. The molecule has 1 heterocycles. The van der Waals surface area contributed by atoms with Crippen molar-refractivity contribution >= 4 is 11.5 Å². The molecular formula is C26H33NO2. The molecule has 1 unspecified atom stereocenters. The number of hydrogen-bond acceptors (Lipinski definition) is 2. The first-order valence-corrected chi connectivity index (χ1v) is 11.2. The standard InChI is InChI=1S/C26H33NO2/c1-4-17-27-22(29-5-2)14-13-19(3)23-21-12-8-7-11-20(21)18-26(24(23)25(27)28)15-9-6-10-16-26/h4,7-8,11-12,14,19H,1,5-6,9-10,13,15-18H2,2-3H3. The third kappa shape index (κ3) is 3.45. The Labute approximate surface area is 175 Å². The number of hydrogen-bond donors (Lipinski definition) is 0. The summed E-state index contributed by atoms with van der Waals surface area (Å²) in [5.41, 5.74) is 5.00. The van der Waals surface area contributed by atoms with E-state index < -0.39 is 0 Å². The van der Waals surface area contributed by atoms with Crippen molar-refractivity contribution in [1.29, 1.82) is 0 Å². The molecule has 1 aromatic carbocycles. The van der Waals surface area contributed by atoms with Crippen LogP contribution in [0.2, 0.25) is 0 Å². The smallest absolute Gasteiger partial charge is 0.257 e. The first-order chi connectivity index (χ1) is 14.1. The quantitative estimate of drug-likeness (QED) is 0.600. The highest BCUT2D eigenvalue weighted by molar-refractivity contribution is 6.05. The zero-order valence-corrected chi connectivity index (χ0v) is 17.9. The minimum Gasteiger partial charge on any atom is -0.479 e. The minimum atomic E-state index is -0.0403. The molecule has 3 nitrogen and oxygen atoms in total. The van der Waals surface area contributed by atoms with Crippen molar-refractivity contribution in [3.8, 4) is 0 Å². The van der Waals surface area contributed by atoms with Crippen LogP contribution in [0.1, 0.15) is 63.5 Å². The van der Waals surface area contributed by atoms with Gasteiger partial charge in [0.15, 0.2) is 5.88 Å². The average Bonchev–Trinajstić information content (AvgIpc) is 2.73. The van der Waals surface area contributed by atoms with E-state index in [-0.39, 0.29) is 17.2 Å². The van der Waals surface area contributed by atoms with Gasteiger partial charge in [0, 0.05) is 17.5 Å². The molecule has 1 atom stereocenters. The van der Waals surface area contributed by atoms with Crippen LogP contribution in [-0.2, 0) is 16.0 Å². The monoisotopic (exact) mass is 391 g/mol. The molecule has 3 aliphatic rings. The Balaban J connectivity index is 1.93. The second-order valence-electron chi connectivity index (χ2n) is 8.78. The Morgan fingerprint density at radius 3 is 2.72 bits per heavy atom. The van der Waals surface area contributed by atoms with Crippen LogP contribution in [0, 0.1) is 11.3 Å². The molecular weight excluding hydrogens is 358 g/mol. The number of benzene rings is 1. The lowest BCUT2D eigenvalue weighted by atomic mass is 9.59. The van der Waals surface area contributed by atoms with E-state index in [9.17, 15) is 4.79 Å². The summed E-state index contributed by atoms with van der Waals surface area (Å²) in [6.07, 6.45) is 11.7. The van der Waals surface area contributed by atoms with Crippen LogP contribution in [0.15, 0.2) is 54.5 Å². The normalized spacial score (nSPS) is 23.7. The van der Waals surface area contributed by atoms with Gasteiger partial charge in [0.25, 0.3) is 5.91 Å². The molecule has 0 aromatic heterocycles. The lowest BCUT2D eigenvalue weighted by molar-refractivity contribution is -0.129. The zero-order valence-electron chi connectivity index (χ0n) is 17.9. The number of ether oxygens (including phenoxy) is 1. The third-order valence-corrected chi connectivity index (χ3v) is 6.91. The average molecular weight is 392 g/mol. The molecule has 29 heavy (non-hydrogen) atoms. The molecule has 1 amide bonds. The Kier molecular flexibility index (Phi) is 5.67. The van der Waals surface area contributed by atoms with Gasteiger partial charge in [-0.05, 0) is 61.3 Å². The molecule has 2 aliphatic carbocycles. The van der Waals surface area contributed by atoms with Crippen LogP contribution >= 0.6 is 0 Å². The summed E-state index contributed by atoms with van der Waals surface area (Å²) in [6.45, 7) is 9.18. The summed E-state index contributed by atoms with van der Waals surface area (Å²) >= 11 is 0. The van der Waals surface area contributed by atoms with E-state index in [4.69, 9.17) is 4.74 Å². The molecule has 1 fully saturated rings. The van der Waals surface area contributed by atoms with Gasteiger partial charge in [-0.1, -0.05) is 56.5 Å². The third-order valence-electron chi connectivity index (χ3n) is 6.91. The van der Waals surface area contributed by atoms with Crippen molar-refractivity contribution in [2.45, 2.75) is 58.8 Å². The SMILES string of the molecule is C=CCN1C(=O)C2=C(c3ccccc3CC23CCCCC3)C(C)CC=C1OCC. The molecule has 3 heteroatoms. The maximum absolute atomic E-state index is 14.1. The van der Waals surface area contributed by atoms with Crippen molar-refractivity contribution in [2.75, 3.05) is 13.2 Å². The zero-order chi connectivity index (χ0) is 20.4. The number of nitrogens with zero attached hydrogens (tertiary/aromatic N) is 1. The maximum Gasteiger partial charge on any atom is 0.257 e. The Morgan fingerprint density at radius 1 is 1.24 bits per heavy atom. The molecule has 1 aliphatic heterocycles. The fourth-order valence-electron chi connectivity index (χ4n) is 5.65. The van der Waals surface area contributed by atoms with Crippen LogP contribution in [0.4, 0.5) is 0 Å². The van der Waals surface area contributed by atoms with E-state index >= 15 is 0 Å². The van der Waals surface area contributed by atoms with Crippen molar-refractivity contribution in [2.24, 2.45) is 11.3 Å². The van der Waals surface area contributed by atoms with Crippen molar-refractivity contribution in [3.63, 3.8) is 0 Å². The summed E-state index contributed by atoms with van der Waals surface area (Å²) in [7, 11) is 0. The fraction of sp³-hybridized carbons (Fsp3) is 0.500. The lowest BCUT2D eigenvalue weighted by Gasteiger charge is -2.46. The van der Waals surface area contributed by atoms with Crippen LogP contribution in [0.25, 0.3) is 5.57 Å². The van der Waals surface area contributed by atoms with Crippen LogP contribution < -0.4 is 0 Å². The molecule has 0 bridgehead atoms. The van der Waals surface area contributed by atoms with Crippen molar-refractivity contribution < 1.29 is 9.53 Å². The van der Waals surface area contributed by atoms with Crippen LogP contribution in [0.5, 0.6) is 0 Å². The van der Waals surface area contributed by atoms with E-state index in [2.05, 4.69) is 43.8 Å². The molecule has 1 spiro atoms. The van der Waals surface area contributed by atoms with Crippen LogP contribution in [-0.4, -0.2) is 24.0 Å². The summed E-state index contributed by atoms with van der Waals surface area (Å²) < 4.78 is 5.92. The molecule has 0 radical (unpaired) electrons. The minimum absolute atomic E-state index is 0.0403. The topological polar surface area (TPSA) is 29.5 Å². The number of fused-ring (bicyclic) bond motifs is 3. The summed E-state index contributed by atoms with van der Waals surface area (Å²) in [5, 5.41) is 0. The van der Waals surface area contributed by atoms with Crippen molar-refractivity contribution in [1.82, 2.24) is 4.90 Å².